The van der Waals surface area contributed by atoms with Gasteiger partial charge in [-0.3, -0.25) is 0 Å². The van der Waals surface area contributed by atoms with Crippen LogP contribution in [0, 0.1) is 0 Å². The van der Waals surface area contributed by atoms with E-state index in [2.05, 4.69) is 48.3 Å². The number of piperidine rings is 1. The number of anilines is 5. The highest BCUT2D eigenvalue weighted by molar-refractivity contribution is 6.32. The second-order valence-electron chi connectivity index (χ2n) is 9.00. The van der Waals surface area contributed by atoms with Gasteiger partial charge in [0.15, 0.2) is 5.82 Å². The van der Waals surface area contributed by atoms with Gasteiger partial charge in [0.05, 0.1) is 6.20 Å². The Hall–Kier alpha value is -3.36. The van der Waals surface area contributed by atoms with Crippen molar-refractivity contribution in [3.63, 3.8) is 0 Å². The van der Waals surface area contributed by atoms with E-state index in [0.717, 1.165) is 55.1 Å². The lowest BCUT2D eigenvalue weighted by Crippen LogP contribution is -2.39. The minimum absolute atomic E-state index is 0.184. The van der Waals surface area contributed by atoms with E-state index in [9.17, 15) is 4.79 Å². The van der Waals surface area contributed by atoms with Gasteiger partial charge in [-0.05, 0) is 80.2 Å². The van der Waals surface area contributed by atoms with E-state index in [0.29, 0.717) is 23.3 Å². The van der Waals surface area contributed by atoms with E-state index in [1.807, 2.05) is 30.3 Å². The van der Waals surface area contributed by atoms with Crippen molar-refractivity contribution in [2.24, 2.45) is 0 Å². The van der Waals surface area contributed by atoms with Crippen LogP contribution < -0.4 is 21.3 Å². The molecule has 3 aromatic rings. The smallest absolute Gasteiger partial charge is 0.319 e. The first-order chi connectivity index (χ1) is 17.1. The maximum absolute atomic E-state index is 12.7. The van der Waals surface area contributed by atoms with Gasteiger partial charge in [0.1, 0.15) is 5.02 Å². The van der Waals surface area contributed by atoms with E-state index < -0.39 is 0 Å². The lowest BCUT2D eigenvalue weighted by molar-refractivity contribution is 0.224. The Morgan fingerprint density at radius 2 is 1.89 bits per heavy atom. The molecule has 0 radical (unpaired) electrons. The zero-order chi connectivity index (χ0) is 24.0. The Kier molecular flexibility index (Phi) is 7.30. The fraction of sp³-hybridized carbons (Fsp3) is 0.346. The van der Waals surface area contributed by atoms with Crippen molar-refractivity contribution in [1.29, 1.82) is 0 Å². The molecule has 2 aliphatic heterocycles. The van der Waals surface area contributed by atoms with Crippen LogP contribution in [0.4, 0.5) is 33.6 Å². The zero-order valence-corrected chi connectivity index (χ0v) is 20.4. The number of nitrogens with one attached hydrogen (secondary N) is 4. The summed E-state index contributed by atoms with van der Waals surface area (Å²) >= 11 is 6.35. The van der Waals surface area contributed by atoms with Crippen LogP contribution in [0.25, 0.3) is 0 Å². The minimum Gasteiger partial charge on any atom is -0.339 e. The van der Waals surface area contributed by atoms with E-state index in [-0.39, 0.29) is 6.03 Å². The first kappa shape index (κ1) is 23.4. The van der Waals surface area contributed by atoms with Gasteiger partial charge in [0.2, 0.25) is 5.95 Å². The number of fused-ring (bicyclic) bond motifs is 6. The summed E-state index contributed by atoms with van der Waals surface area (Å²) in [5.41, 5.74) is 4.76. The average Bonchev–Trinajstić information content (AvgIpc) is 2.87. The molecule has 0 atom stereocenters. The van der Waals surface area contributed by atoms with E-state index in [4.69, 9.17) is 11.6 Å². The third kappa shape index (κ3) is 6.21. The summed E-state index contributed by atoms with van der Waals surface area (Å²) in [6.45, 7) is 3.76. The quantitative estimate of drug-likeness (QED) is 0.394. The Labute approximate surface area is 210 Å². The van der Waals surface area contributed by atoms with Gasteiger partial charge in [-0.1, -0.05) is 30.2 Å². The highest BCUT2D eigenvalue weighted by Crippen LogP contribution is 2.29. The predicted molar refractivity (Wildman–Crippen MR) is 141 cm³/mol. The second kappa shape index (κ2) is 10.9. The van der Waals surface area contributed by atoms with Crippen molar-refractivity contribution in [3.05, 3.63) is 64.8 Å². The molecular weight excluding hydrogens is 462 g/mol. The third-order valence-corrected chi connectivity index (χ3v) is 6.67. The number of benzene rings is 2. The van der Waals surface area contributed by atoms with Gasteiger partial charge in [0, 0.05) is 30.2 Å². The molecule has 2 amide bonds. The normalized spacial score (nSPS) is 15.5. The number of likely N-dealkylation sites (tertiary alicyclic amines) is 1. The zero-order valence-electron chi connectivity index (χ0n) is 19.6. The van der Waals surface area contributed by atoms with Crippen LogP contribution in [-0.4, -0.2) is 47.1 Å². The number of hydrogen-bond acceptors (Lipinski definition) is 6. The maximum atomic E-state index is 12.7. The average molecular weight is 492 g/mol. The summed E-state index contributed by atoms with van der Waals surface area (Å²) in [7, 11) is 0. The van der Waals surface area contributed by atoms with Crippen molar-refractivity contribution < 1.29 is 4.79 Å². The molecule has 2 aromatic carbocycles. The van der Waals surface area contributed by atoms with Crippen LogP contribution >= 0.6 is 11.6 Å². The van der Waals surface area contributed by atoms with Gasteiger partial charge >= 0.3 is 6.03 Å². The topological polar surface area (TPSA) is 94.2 Å². The fourth-order valence-electron chi connectivity index (χ4n) is 4.54. The molecule has 1 fully saturated rings. The van der Waals surface area contributed by atoms with Crippen LogP contribution in [-0.2, 0) is 12.8 Å². The largest absolute Gasteiger partial charge is 0.339 e. The molecule has 1 aromatic heterocycles. The Bertz CT molecular complexity index is 1200. The number of rotatable bonds is 4. The molecule has 35 heavy (non-hydrogen) atoms. The molecular formula is C26H30ClN7O. The molecule has 182 valence electrons. The molecule has 1 saturated heterocycles. The molecule has 9 heteroatoms. The van der Waals surface area contributed by atoms with Gasteiger partial charge in [0.25, 0.3) is 0 Å². The number of nitrogens with zero attached hydrogens (tertiary/aromatic N) is 3. The molecule has 8 nitrogen and oxygen atoms in total. The van der Waals surface area contributed by atoms with E-state index in [1.165, 1.54) is 24.8 Å². The maximum Gasteiger partial charge on any atom is 0.319 e. The molecule has 5 rings (SSSR count). The summed E-state index contributed by atoms with van der Waals surface area (Å²) in [5, 5.41) is 13.0. The predicted octanol–water partition coefficient (Wildman–Crippen LogP) is 5.32. The lowest BCUT2D eigenvalue weighted by atomic mass is 10.0. The standard InChI is InChI=1S/C26H30ClN7O/c27-22-17-29-25-31-20-6-4-5-18(15-20)7-8-19-16-21(30-24(22)33-25)9-10-23(19)32-26(35)28-11-14-34-12-2-1-3-13-34/h4-6,9-10,15-17H,1-3,7-8,11-14H2,(H2,28,32,35)(H2,29,30,31,33). The number of carbonyl (C=O) groups excluding carboxylic acids is 1. The van der Waals surface area contributed by atoms with Crippen LogP contribution in [0.3, 0.4) is 0 Å². The highest BCUT2D eigenvalue weighted by atomic mass is 35.5. The Balaban J connectivity index is 1.34. The Morgan fingerprint density at radius 3 is 2.77 bits per heavy atom. The highest BCUT2D eigenvalue weighted by Gasteiger charge is 2.14. The molecule has 0 spiro atoms. The van der Waals surface area contributed by atoms with Gasteiger partial charge in [-0.2, -0.15) is 4.98 Å². The minimum atomic E-state index is -0.184. The van der Waals surface area contributed by atoms with Crippen molar-refractivity contribution in [2.75, 3.05) is 42.1 Å². The van der Waals surface area contributed by atoms with Crippen LogP contribution in [0.5, 0.6) is 0 Å². The fourth-order valence-corrected chi connectivity index (χ4v) is 4.68. The van der Waals surface area contributed by atoms with Crippen LogP contribution in [0.15, 0.2) is 48.7 Å². The Morgan fingerprint density at radius 1 is 1.03 bits per heavy atom. The van der Waals surface area contributed by atoms with Gasteiger partial charge < -0.3 is 26.2 Å². The number of aryl methyl sites for hydroxylation is 2. The molecule has 2 aliphatic rings. The summed E-state index contributed by atoms with van der Waals surface area (Å²) in [6, 6.07) is 13.9. The molecule has 0 aliphatic carbocycles. The summed E-state index contributed by atoms with van der Waals surface area (Å²) < 4.78 is 0. The number of amides is 2. The number of halogens is 1. The number of carbonyl (C=O) groups is 1. The summed E-state index contributed by atoms with van der Waals surface area (Å²) in [5.74, 6) is 0.981. The third-order valence-electron chi connectivity index (χ3n) is 6.39. The first-order valence-corrected chi connectivity index (χ1v) is 12.6. The van der Waals surface area contributed by atoms with Crippen LogP contribution in [0.1, 0.15) is 30.4 Å². The lowest BCUT2D eigenvalue weighted by Gasteiger charge is -2.26. The first-order valence-electron chi connectivity index (χ1n) is 12.2. The van der Waals surface area contributed by atoms with Crippen molar-refractivity contribution in [2.45, 2.75) is 32.1 Å². The molecule has 3 heterocycles. The summed E-state index contributed by atoms with van der Waals surface area (Å²) in [6.07, 6.45) is 6.97. The van der Waals surface area contributed by atoms with Crippen molar-refractivity contribution in [1.82, 2.24) is 20.2 Å². The molecule has 0 unspecified atom stereocenters. The monoisotopic (exact) mass is 491 g/mol. The van der Waals surface area contributed by atoms with Gasteiger partial charge in [-0.15, -0.1) is 0 Å². The summed E-state index contributed by atoms with van der Waals surface area (Å²) in [4.78, 5) is 23.9. The second-order valence-corrected chi connectivity index (χ2v) is 9.40. The van der Waals surface area contributed by atoms with Crippen LogP contribution in [0.2, 0.25) is 5.02 Å². The SMILES string of the molecule is O=C(NCCN1CCCCC1)Nc1ccc2cc1CCc1cccc(c1)Nc1ncc(Cl)c(n1)N2. The van der Waals surface area contributed by atoms with Crippen molar-refractivity contribution in [3.8, 4) is 0 Å². The number of hydrogen-bond donors (Lipinski definition) is 4. The molecule has 0 saturated carbocycles. The van der Waals surface area contributed by atoms with E-state index >= 15 is 0 Å². The molecule has 6 bridgehead atoms. The van der Waals surface area contributed by atoms with E-state index in [1.54, 1.807) is 6.20 Å². The number of urea groups is 1. The van der Waals surface area contributed by atoms with Crippen molar-refractivity contribution >= 4 is 46.5 Å². The van der Waals surface area contributed by atoms with Gasteiger partial charge in [-0.25, -0.2) is 9.78 Å². The number of aromatic nitrogens is 2. The molecule has 4 N–H and O–H groups in total.